The van der Waals surface area contributed by atoms with E-state index in [1.54, 1.807) is 17.0 Å². The second-order valence-electron chi connectivity index (χ2n) is 7.48. The Labute approximate surface area is 188 Å². The van der Waals surface area contributed by atoms with Gasteiger partial charge in [-0.1, -0.05) is 36.7 Å². The zero-order chi connectivity index (χ0) is 22.2. The van der Waals surface area contributed by atoms with Gasteiger partial charge in [-0.15, -0.1) is 0 Å². The molecule has 2 N–H and O–H groups in total. The fraction of sp³-hybridized carbons (Fsp3) is 0.391. The van der Waals surface area contributed by atoms with Crippen molar-refractivity contribution in [2.24, 2.45) is 0 Å². The lowest BCUT2D eigenvalue weighted by Crippen LogP contribution is -2.39. The van der Waals surface area contributed by atoms with Crippen molar-refractivity contribution in [2.75, 3.05) is 61.5 Å². The number of para-hydroxylation sites is 2. The van der Waals surface area contributed by atoms with Crippen LogP contribution in [0.4, 0.5) is 17.1 Å². The molecule has 0 aliphatic carbocycles. The molecule has 3 rings (SSSR count). The van der Waals surface area contributed by atoms with E-state index >= 15 is 0 Å². The fourth-order valence-electron chi connectivity index (χ4n) is 3.45. The Kier molecular flexibility index (Phi) is 8.28. The number of amides is 2. The van der Waals surface area contributed by atoms with E-state index in [4.69, 9.17) is 16.3 Å². The van der Waals surface area contributed by atoms with Gasteiger partial charge in [0.05, 0.1) is 37.7 Å². The highest BCUT2D eigenvalue weighted by Gasteiger charge is 2.18. The number of hydrogen-bond donors (Lipinski definition) is 2. The molecule has 0 unspecified atom stereocenters. The summed E-state index contributed by atoms with van der Waals surface area (Å²) in [5.41, 5.74) is 3.36. The fourth-order valence-corrected chi connectivity index (χ4v) is 3.63. The standard InChI is InChI=1S/C23H29ClN4O3/c1-3-27(16-23(30)26-20-14-18(24)9-8-17(20)2)15-22(29)25-19-6-4-5-7-21(19)28-10-12-31-13-11-28/h4-9,14H,3,10-13,15-16H2,1-2H3,(H,25,29)(H,26,30). The van der Waals surface area contributed by atoms with E-state index in [9.17, 15) is 9.59 Å². The lowest BCUT2D eigenvalue weighted by molar-refractivity contribution is -0.119. The lowest BCUT2D eigenvalue weighted by Gasteiger charge is -2.30. The topological polar surface area (TPSA) is 73.9 Å². The smallest absolute Gasteiger partial charge is 0.238 e. The van der Waals surface area contributed by atoms with Crippen LogP contribution in [0.3, 0.4) is 0 Å². The van der Waals surface area contributed by atoms with Crippen molar-refractivity contribution >= 4 is 40.5 Å². The van der Waals surface area contributed by atoms with Gasteiger partial charge in [-0.2, -0.15) is 0 Å². The van der Waals surface area contributed by atoms with Crippen LogP contribution in [0.5, 0.6) is 0 Å². The molecule has 1 heterocycles. The van der Waals surface area contributed by atoms with Gasteiger partial charge < -0.3 is 20.3 Å². The largest absolute Gasteiger partial charge is 0.378 e. The Balaban J connectivity index is 1.57. The van der Waals surface area contributed by atoms with Gasteiger partial charge in [0.15, 0.2) is 0 Å². The van der Waals surface area contributed by atoms with Crippen LogP contribution < -0.4 is 15.5 Å². The van der Waals surface area contributed by atoms with E-state index in [1.807, 2.05) is 44.2 Å². The zero-order valence-electron chi connectivity index (χ0n) is 18.0. The Morgan fingerprint density at radius 3 is 2.35 bits per heavy atom. The Hall–Kier alpha value is -2.61. The molecule has 2 aromatic rings. The van der Waals surface area contributed by atoms with Crippen molar-refractivity contribution in [3.63, 3.8) is 0 Å². The number of aryl methyl sites for hydroxylation is 1. The molecule has 1 saturated heterocycles. The predicted molar refractivity (Wildman–Crippen MR) is 125 cm³/mol. The average molecular weight is 445 g/mol. The molecule has 166 valence electrons. The first-order valence-electron chi connectivity index (χ1n) is 10.5. The highest BCUT2D eigenvalue weighted by atomic mass is 35.5. The summed E-state index contributed by atoms with van der Waals surface area (Å²) in [5.74, 6) is -0.344. The summed E-state index contributed by atoms with van der Waals surface area (Å²) >= 11 is 6.02. The third-order valence-corrected chi connectivity index (χ3v) is 5.42. The van der Waals surface area contributed by atoms with Gasteiger partial charge in [0.1, 0.15) is 0 Å². The number of nitrogens with zero attached hydrogens (tertiary/aromatic N) is 2. The summed E-state index contributed by atoms with van der Waals surface area (Å²) in [6.07, 6.45) is 0. The molecule has 2 aromatic carbocycles. The molecule has 0 radical (unpaired) electrons. The summed E-state index contributed by atoms with van der Waals surface area (Å²) in [7, 11) is 0. The number of ether oxygens (including phenoxy) is 1. The quantitative estimate of drug-likeness (QED) is 0.653. The van der Waals surface area contributed by atoms with E-state index in [2.05, 4.69) is 15.5 Å². The predicted octanol–water partition coefficient (Wildman–Crippen LogP) is 3.38. The second kappa shape index (κ2) is 11.1. The average Bonchev–Trinajstić information content (AvgIpc) is 2.76. The summed E-state index contributed by atoms with van der Waals surface area (Å²) in [4.78, 5) is 29.2. The monoisotopic (exact) mass is 444 g/mol. The van der Waals surface area contributed by atoms with Crippen LogP contribution >= 0.6 is 11.6 Å². The number of benzene rings is 2. The molecule has 0 atom stereocenters. The minimum Gasteiger partial charge on any atom is -0.378 e. The second-order valence-corrected chi connectivity index (χ2v) is 7.91. The molecule has 1 aliphatic rings. The van der Waals surface area contributed by atoms with Crippen molar-refractivity contribution in [3.8, 4) is 0 Å². The van der Waals surface area contributed by atoms with Crippen LogP contribution in [-0.4, -0.2) is 62.7 Å². The number of hydrogen-bond acceptors (Lipinski definition) is 5. The van der Waals surface area contributed by atoms with E-state index < -0.39 is 0 Å². The van der Waals surface area contributed by atoms with Crippen LogP contribution in [0.2, 0.25) is 5.02 Å². The number of halogens is 1. The number of rotatable bonds is 8. The molecule has 1 fully saturated rings. The first-order valence-corrected chi connectivity index (χ1v) is 10.8. The molecular formula is C23H29ClN4O3. The van der Waals surface area contributed by atoms with Crippen LogP contribution in [0, 0.1) is 6.92 Å². The van der Waals surface area contributed by atoms with Crippen molar-refractivity contribution in [1.29, 1.82) is 0 Å². The van der Waals surface area contributed by atoms with Crippen molar-refractivity contribution < 1.29 is 14.3 Å². The highest BCUT2D eigenvalue weighted by Crippen LogP contribution is 2.26. The molecule has 1 aliphatic heterocycles. The van der Waals surface area contributed by atoms with Gasteiger partial charge in [0.25, 0.3) is 0 Å². The number of carbonyl (C=O) groups excluding carboxylic acids is 2. The van der Waals surface area contributed by atoms with Gasteiger partial charge >= 0.3 is 0 Å². The Morgan fingerprint density at radius 2 is 1.68 bits per heavy atom. The van der Waals surface area contributed by atoms with Gasteiger partial charge in [-0.05, 0) is 43.3 Å². The van der Waals surface area contributed by atoms with E-state index in [0.29, 0.717) is 30.5 Å². The van der Waals surface area contributed by atoms with E-state index in [0.717, 1.165) is 30.0 Å². The molecule has 0 bridgehead atoms. The summed E-state index contributed by atoms with van der Waals surface area (Å²) in [5, 5.41) is 6.44. The first kappa shape index (κ1) is 23.1. The third kappa shape index (κ3) is 6.69. The van der Waals surface area contributed by atoms with Crippen LogP contribution in [0.15, 0.2) is 42.5 Å². The van der Waals surface area contributed by atoms with E-state index in [-0.39, 0.29) is 24.9 Å². The molecule has 0 spiro atoms. The van der Waals surface area contributed by atoms with Crippen molar-refractivity contribution in [3.05, 3.63) is 53.1 Å². The summed E-state index contributed by atoms with van der Waals surface area (Å²) in [6, 6.07) is 13.1. The Morgan fingerprint density at radius 1 is 1.03 bits per heavy atom. The minimum absolute atomic E-state index is 0.112. The van der Waals surface area contributed by atoms with Gasteiger partial charge in [-0.3, -0.25) is 14.5 Å². The number of morpholine rings is 1. The van der Waals surface area contributed by atoms with Crippen molar-refractivity contribution in [2.45, 2.75) is 13.8 Å². The maximum Gasteiger partial charge on any atom is 0.238 e. The van der Waals surface area contributed by atoms with Gasteiger partial charge in [0.2, 0.25) is 11.8 Å². The number of anilines is 3. The molecule has 8 heteroatoms. The molecule has 0 saturated carbocycles. The summed E-state index contributed by atoms with van der Waals surface area (Å²) < 4.78 is 5.42. The van der Waals surface area contributed by atoms with Crippen LogP contribution in [-0.2, 0) is 14.3 Å². The molecule has 0 aromatic heterocycles. The normalized spacial score (nSPS) is 13.9. The molecule has 31 heavy (non-hydrogen) atoms. The lowest BCUT2D eigenvalue weighted by atomic mass is 10.2. The molecular weight excluding hydrogens is 416 g/mol. The van der Waals surface area contributed by atoms with Crippen LogP contribution in [0.1, 0.15) is 12.5 Å². The highest BCUT2D eigenvalue weighted by molar-refractivity contribution is 6.31. The van der Waals surface area contributed by atoms with Gasteiger partial charge in [-0.25, -0.2) is 0 Å². The number of nitrogens with one attached hydrogen (secondary N) is 2. The SMILES string of the molecule is CCN(CC(=O)Nc1cc(Cl)ccc1C)CC(=O)Nc1ccccc1N1CCOCC1. The third-order valence-electron chi connectivity index (χ3n) is 5.19. The number of likely N-dealkylation sites (N-methyl/N-ethyl adjacent to an activating group) is 1. The minimum atomic E-state index is -0.186. The maximum atomic E-state index is 12.7. The van der Waals surface area contributed by atoms with Gasteiger partial charge in [0, 0.05) is 23.8 Å². The van der Waals surface area contributed by atoms with Crippen LogP contribution in [0.25, 0.3) is 0 Å². The molecule has 7 nitrogen and oxygen atoms in total. The molecule has 2 amide bonds. The van der Waals surface area contributed by atoms with E-state index in [1.165, 1.54) is 0 Å². The zero-order valence-corrected chi connectivity index (χ0v) is 18.7. The number of carbonyl (C=O) groups is 2. The summed E-state index contributed by atoms with van der Waals surface area (Å²) in [6.45, 7) is 7.56. The Bertz CT molecular complexity index is 915. The first-order chi connectivity index (χ1) is 15.0. The van der Waals surface area contributed by atoms with Crippen molar-refractivity contribution in [1.82, 2.24) is 4.90 Å². The maximum absolute atomic E-state index is 12.7.